The van der Waals surface area contributed by atoms with Crippen LogP contribution in [0.2, 0.25) is 10.0 Å². The summed E-state index contributed by atoms with van der Waals surface area (Å²) >= 11 is 15.5. The van der Waals surface area contributed by atoms with Crippen LogP contribution in [0.5, 0.6) is 5.75 Å². The monoisotopic (exact) mass is 439 g/mol. The van der Waals surface area contributed by atoms with Gasteiger partial charge in [-0.25, -0.2) is 9.37 Å². The number of hydrogen-bond donors (Lipinski definition) is 1. The maximum atomic E-state index is 13.8. The molecule has 8 heteroatoms. The van der Waals surface area contributed by atoms with Crippen LogP contribution in [0.1, 0.15) is 5.69 Å². The molecule has 2 aromatic carbocycles. The first-order valence-corrected chi connectivity index (χ1v) is 8.47. The van der Waals surface area contributed by atoms with Crippen LogP contribution in [0.15, 0.2) is 34.8 Å². The summed E-state index contributed by atoms with van der Waals surface area (Å²) in [6.45, 7) is 0. The van der Waals surface area contributed by atoms with E-state index < -0.39 is 5.82 Å². The Morgan fingerprint density at radius 2 is 1.92 bits per heavy atom. The number of anilines is 2. The van der Waals surface area contributed by atoms with Crippen molar-refractivity contribution in [2.75, 3.05) is 12.4 Å². The van der Waals surface area contributed by atoms with E-state index in [1.54, 1.807) is 6.07 Å². The van der Waals surface area contributed by atoms with Gasteiger partial charge in [0.25, 0.3) is 0 Å². The predicted octanol–water partition coefficient (Wildman–Crippen LogP) is 6.07. The minimum atomic E-state index is -0.436. The standard InChI is InChI=1S/C17H9BrCl2FN3O/c1-25-16-6-15(12(19)5-13(16)20)24-14-4-9(7-22)23-17-10(14)2-8(21)3-11(17)18/h2-6H,1H3,(H,23,24). The van der Waals surface area contributed by atoms with E-state index in [0.29, 0.717) is 42.5 Å². The van der Waals surface area contributed by atoms with Crippen molar-refractivity contribution in [2.45, 2.75) is 0 Å². The second kappa shape index (κ2) is 7.04. The zero-order valence-electron chi connectivity index (χ0n) is 12.7. The van der Waals surface area contributed by atoms with Gasteiger partial charge in [-0.15, -0.1) is 0 Å². The second-order valence-corrected chi connectivity index (χ2v) is 6.71. The molecular formula is C17H9BrCl2FN3O. The average Bonchev–Trinajstić information content (AvgIpc) is 2.57. The number of ether oxygens (including phenoxy) is 1. The summed E-state index contributed by atoms with van der Waals surface area (Å²) in [5.41, 5.74) is 1.62. The van der Waals surface area contributed by atoms with Crippen LogP contribution < -0.4 is 10.1 Å². The predicted molar refractivity (Wildman–Crippen MR) is 100 cm³/mol. The number of rotatable bonds is 3. The fourth-order valence-electron chi connectivity index (χ4n) is 2.34. The Morgan fingerprint density at radius 3 is 2.60 bits per heavy atom. The molecule has 0 aliphatic carbocycles. The van der Waals surface area contributed by atoms with Gasteiger partial charge in [-0.3, -0.25) is 0 Å². The first kappa shape index (κ1) is 17.7. The van der Waals surface area contributed by atoms with Crippen molar-refractivity contribution in [3.8, 4) is 11.8 Å². The lowest BCUT2D eigenvalue weighted by Gasteiger charge is -2.14. The van der Waals surface area contributed by atoms with Crippen molar-refractivity contribution in [3.05, 3.63) is 56.4 Å². The molecule has 126 valence electrons. The summed E-state index contributed by atoms with van der Waals surface area (Å²) in [5.74, 6) is -0.00601. The number of benzene rings is 2. The van der Waals surface area contributed by atoms with Crippen LogP contribution >= 0.6 is 39.1 Å². The molecule has 3 aromatic rings. The number of nitriles is 1. The first-order valence-electron chi connectivity index (χ1n) is 6.93. The smallest absolute Gasteiger partial charge is 0.143 e. The minimum Gasteiger partial charge on any atom is -0.495 e. The van der Waals surface area contributed by atoms with Crippen LogP contribution in [-0.2, 0) is 0 Å². The number of fused-ring (bicyclic) bond motifs is 1. The van der Waals surface area contributed by atoms with E-state index in [4.69, 9.17) is 27.9 Å². The zero-order valence-corrected chi connectivity index (χ0v) is 15.8. The summed E-state index contributed by atoms with van der Waals surface area (Å²) < 4.78 is 19.5. The summed E-state index contributed by atoms with van der Waals surface area (Å²) in [7, 11) is 1.49. The first-order chi connectivity index (χ1) is 11.9. The molecule has 0 unspecified atom stereocenters. The molecule has 0 amide bonds. The van der Waals surface area contributed by atoms with Gasteiger partial charge in [0.15, 0.2) is 0 Å². The molecule has 1 heterocycles. The van der Waals surface area contributed by atoms with Gasteiger partial charge < -0.3 is 10.1 Å². The number of pyridine rings is 1. The normalized spacial score (nSPS) is 10.6. The van der Waals surface area contributed by atoms with Crippen molar-refractivity contribution >= 4 is 61.4 Å². The molecule has 0 spiro atoms. The molecule has 0 atom stereocenters. The Morgan fingerprint density at radius 1 is 1.16 bits per heavy atom. The van der Waals surface area contributed by atoms with Crippen LogP contribution in [0, 0.1) is 17.1 Å². The quantitative estimate of drug-likeness (QED) is 0.537. The van der Waals surface area contributed by atoms with Gasteiger partial charge in [-0.2, -0.15) is 5.26 Å². The SMILES string of the molecule is COc1cc(Nc2cc(C#N)nc3c(Br)cc(F)cc23)c(Cl)cc1Cl. The van der Waals surface area contributed by atoms with E-state index in [-0.39, 0.29) is 5.69 Å². The number of halogens is 4. The van der Waals surface area contributed by atoms with Crippen LogP contribution in [0.3, 0.4) is 0 Å². The number of aromatic nitrogens is 1. The van der Waals surface area contributed by atoms with Crippen molar-refractivity contribution in [2.24, 2.45) is 0 Å². The van der Waals surface area contributed by atoms with Crippen molar-refractivity contribution < 1.29 is 9.13 Å². The van der Waals surface area contributed by atoms with E-state index in [2.05, 4.69) is 26.2 Å². The van der Waals surface area contributed by atoms with Crippen LogP contribution in [0.25, 0.3) is 10.9 Å². The lowest BCUT2D eigenvalue weighted by molar-refractivity contribution is 0.415. The van der Waals surface area contributed by atoms with Gasteiger partial charge in [0.1, 0.15) is 23.3 Å². The largest absolute Gasteiger partial charge is 0.495 e. The third kappa shape index (κ3) is 3.49. The van der Waals surface area contributed by atoms with Gasteiger partial charge >= 0.3 is 0 Å². The lowest BCUT2D eigenvalue weighted by atomic mass is 10.1. The van der Waals surface area contributed by atoms with Gasteiger partial charge in [0, 0.05) is 15.9 Å². The second-order valence-electron chi connectivity index (χ2n) is 5.04. The summed E-state index contributed by atoms with van der Waals surface area (Å²) in [6, 6.07) is 9.29. The zero-order chi connectivity index (χ0) is 18.1. The van der Waals surface area contributed by atoms with Gasteiger partial charge in [-0.1, -0.05) is 23.2 Å². The van der Waals surface area contributed by atoms with Crippen LogP contribution in [-0.4, -0.2) is 12.1 Å². The summed E-state index contributed by atoms with van der Waals surface area (Å²) in [5, 5.41) is 13.5. The number of methoxy groups -OCH3 is 1. The molecular weight excluding hydrogens is 432 g/mol. The van der Waals surface area contributed by atoms with Crippen molar-refractivity contribution in [3.63, 3.8) is 0 Å². The number of nitrogens with one attached hydrogen (secondary N) is 1. The molecule has 1 N–H and O–H groups in total. The Bertz CT molecular complexity index is 1040. The maximum absolute atomic E-state index is 13.8. The summed E-state index contributed by atoms with van der Waals surface area (Å²) in [4.78, 5) is 4.21. The molecule has 0 saturated carbocycles. The highest BCUT2D eigenvalue weighted by Crippen LogP contribution is 2.38. The molecule has 0 bridgehead atoms. The van der Waals surface area contributed by atoms with E-state index in [1.807, 2.05) is 6.07 Å². The average molecular weight is 441 g/mol. The topological polar surface area (TPSA) is 57.9 Å². The molecule has 0 aliphatic rings. The van der Waals surface area contributed by atoms with Crippen molar-refractivity contribution in [1.29, 1.82) is 5.26 Å². The molecule has 4 nitrogen and oxygen atoms in total. The van der Waals surface area contributed by atoms with Gasteiger partial charge in [0.05, 0.1) is 34.0 Å². The molecule has 25 heavy (non-hydrogen) atoms. The Labute approximate surface area is 161 Å². The van der Waals surface area contributed by atoms with E-state index in [0.717, 1.165) is 0 Å². The molecule has 0 radical (unpaired) electrons. The van der Waals surface area contributed by atoms with Gasteiger partial charge in [-0.05, 0) is 40.2 Å². The number of nitrogens with zero attached hydrogens (tertiary/aromatic N) is 2. The third-order valence-electron chi connectivity index (χ3n) is 3.46. The lowest BCUT2D eigenvalue weighted by Crippen LogP contribution is -1.98. The molecule has 1 aromatic heterocycles. The Hall–Kier alpha value is -2.07. The molecule has 0 fully saturated rings. The van der Waals surface area contributed by atoms with Crippen LogP contribution in [0.4, 0.5) is 15.8 Å². The van der Waals surface area contributed by atoms with Gasteiger partial charge in [0.2, 0.25) is 0 Å². The highest BCUT2D eigenvalue weighted by atomic mass is 79.9. The van der Waals surface area contributed by atoms with Crippen molar-refractivity contribution in [1.82, 2.24) is 4.98 Å². The van der Waals surface area contributed by atoms with E-state index in [9.17, 15) is 9.65 Å². The Balaban J connectivity index is 2.21. The van der Waals surface area contributed by atoms with E-state index in [1.165, 1.54) is 31.4 Å². The molecule has 0 aliphatic heterocycles. The Kier molecular flexibility index (Phi) is 5.00. The molecule has 0 saturated heterocycles. The molecule has 3 rings (SSSR count). The highest BCUT2D eigenvalue weighted by Gasteiger charge is 2.14. The minimum absolute atomic E-state index is 0.180. The highest BCUT2D eigenvalue weighted by molar-refractivity contribution is 9.10. The fraction of sp³-hybridized carbons (Fsp3) is 0.0588. The summed E-state index contributed by atoms with van der Waals surface area (Å²) in [6.07, 6.45) is 0. The number of hydrogen-bond acceptors (Lipinski definition) is 4. The maximum Gasteiger partial charge on any atom is 0.143 e. The third-order valence-corrected chi connectivity index (χ3v) is 4.67. The van der Waals surface area contributed by atoms with E-state index >= 15 is 0 Å². The fourth-order valence-corrected chi connectivity index (χ4v) is 3.37.